The Kier molecular flexibility index (Phi) is 8.52. The van der Waals surface area contributed by atoms with Crippen LogP contribution in [-0.2, 0) is 0 Å². The highest BCUT2D eigenvalue weighted by atomic mass is 32.2. The van der Waals surface area contributed by atoms with Crippen molar-refractivity contribution in [3.8, 4) is 0 Å². The molecule has 0 unspecified atom stereocenters. The summed E-state index contributed by atoms with van der Waals surface area (Å²) in [6.07, 6.45) is 2.51. The third-order valence-electron chi connectivity index (χ3n) is 0.702. The summed E-state index contributed by atoms with van der Waals surface area (Å²) < 4.78 is 6.18. The molecule has 0 radical (unpaired) electrons. The second-order valence-electron chi connectivity index (χ2n) is 1.95. The van der Waals surface area contributed by atoms with Crippen molar-refractivity contribution in [1.29, 1.82) is 0 Å². The van der Waals surface area contributed by atoms with Gasteiger partial charge < -0.3 is 0 Å². The van der Waals surface area contributed by atoms with Crippen molar-refractivity contribution in [2.24, 2.45) is 0 Å². The molecule has 0 bridgehead atoms. The van der Waals surface area contributed by atoms with Crippen molar-refractivity contribution in [1.82, 2.24) is 9.44 Å². The number of hydrogen-bond donors (Lipinski definition) is 2. The fourth-order valence-corrected chi connectivity index (χ4v) is 0.981. The first kappa shape index (κ1) is 9.27. The van der Waals surface area contributed by atoms with E-state index in [2.05, 4.69) is 23.3 Å². The van der Waals surface area contributed by atoms with Crippen LogP contribution in [0.25, 0.3) is 0 Å². The summed E-state index contributed by atoms with van der Waals surface area (Å²) in [7, 11) is 0. The summed E-state index contributed by atoms with van der Waals surface area (Å²) in [6, 6.07) is 0. The summed E-state index contributed by atoms with van der Waals surface area (Å²) in [5.41, 5.74) is 0. The lowest BCUT2D eigenvalue weighted by atomic mass is 10.4. The average molecular weight is 148 g/mol. The lowest BCUT2D eigenvalue weighted by molar-refractivity contribution is 0.742. The van der Waals surface area contributed by atoms with Crippen LogP contribution in [0.3, 0.4) is 0 Å². The van der Waals surface area contributed by atoms with Crippen molar-refractivity contribution in [2.45, 2.75) is 26.7 Å². The molecule has 1 aliphatic rings. The normalized spacial score (nSPS) is 18.0. The molecule has 3 heteroatoms. The van der Waals surface area contributed by atoms with Gasteiger partial charge in [0.2, 0.25) is 0 Å². The Labute approximate surface area is 62.1 Å². The average Bonchev–Trinajstić information content (AvgIpc) is 1.93. The first-order valence-electron chi connectivity index (χ1n) is 3.53. The van der Waals surface area contributed by atoms with Crippen LogP contribution < -0.4 is 9.44 Å². The Balaban J connectivity index is 0.000000187. The van der Waals surface area contributed by atoms with E-state index in [1.165, 1.54) is 12.8 Å². The predicted molar refractivity (Wildman–Crippen MR) is 44.2 cm³/mol. The molecule has 0 saturated carbocycles. The number of nitrogens with one attached hydrogen (secondary N) is 2. The van der Waals surface area contributed by atoms with E-state index in [4.69, 9.17) is 0 Å². The second kappa shape index (κ2) is 8.27. The molecule has 1 heterocycles. The van der Waals surface area contributed by atoms with Gasteiger partial charge in [-0.2, -0.15) is 0 Å². The number of rotatable bonds is 0. The Morgan fingerprint density at radius 2 is 1.67 bits per heavy atom. The first-order chi connectivity index (χ1) is 4.41. The summed E-state index contributed by atoms with van der Waals surface area (Å²) in [4.78, 5) is 0. The minimum absolute atomic E-state index is 1.15. The van der Waals surface area contributed by atoms with Gasteiger partial charge in [-0.3, -0.25) is 9.44 Å². The standard InChI is InChI=1S/C3H8N2S.C3H8/c1-2-4-6-5-3-1;1-3-2/h4-5H,1-3H2;3H2,1-2H3. The highest BCUT2D eigenvalue weighted by molar-refractivity contribution is 7.95. The molecule has 2 N–H and O–H groups in total. The minimum Gasteiger partial charge on any atom is -0.251 e. The van der Waals surface area contributed by atoms with Gasteiger partial charge in [0.1, 0.15) is 0 Å². The van der Waals surface area contributed by atoms with Crippen molar-refractivity contribution >= 4 is 12.1 Å². The Hall–Kier alpha value is 0.270. The maximum Gasteiger partial charge on any atom is 0.00829 e. The highest BCUT2D eigenvalue weighted by Crippen LogP contribution is 1.91. The largest absolute Gasteiger partial charge is 0.251 e. The van der Waals surface area contributed by atoms with E-state index in [0.29, 0.717) is 0 Å². The van der Waals surface area contributed by atoms with E-state index < -0.39 is 0 Å². The molecule has 0 atom stereocenters. The van der Waals surface area contributed by atoms with Crippen LogP contribution in [0.1, 0.15) is 26.7 Å². The van der Waals surface area contributed by atoms with E-state index >= 15 is 0 Å². The van der Waals surface area contributed by atoms with Crippen LogP contribution >= 0.6 is 12.1 Å². The fourth-order valence-electron chi connectivity index (χ4n) is 0.386. The van der Waals surface area contributed by atoms with Gasteiger partial charge in [0, 0.05) is 25.2 Å². The van der Waals surface area contributed by atoms with Crippen molar-refractivity contribution in [2.75, 3.05) is 13.1 Å². The van der Waals surface area contributed by atoms with Crippen LogP contribution in [-0.4, -0.2) is 13.1 Å². The van der Waals surface area contributed by atoms with Gasteiger partial charge in [0.15, 0.2) is 0 Å². The molecule has 0 aromatic carbocycles. The van der Waals surface area contributed by atoms with E-state index in [0.717, 1.165) is 13.1 Å². The molecule has 0 amide bonds. The van der Waals surface area contributed by atoms with Gasteiger partial charge in [-0.15, -0.1) is 0 Å². The molecule has 2 nitrogen and oxygen atoms in total. The van der Waals surface area contributed by atoms with Crippen LogP contribution in [0.5, 0.6) is 0 Å². The maximum atomic E-state index is 3.09. The fraction of sp³-hybridized carbons (Fsp3) is 1.00. The van der Waals surface area contributed by atoms with E-state index in [9.17, 15) is 0 Å². The van der Waals surface area contributed by atoms with Gasteiger partial charge in [-0.1, -0.05) is 20.3 Å². The zero-order valence-corrected chi connectivity index (χ0v) is 7.05. The minimum atomic E-state index is 1.15. The summed E-state index contributed by atoms with van der Waals surface area (Å²) in [6.45, 7) is 6.55. The van der Waals surface area contributed by atoms with Crippen LogP contribution in [0, 0.1) is 0 Å². The molecular formula is C6H16N2S. The van der Waals surface area contributed by atoms with Crippen molar-refractivity contribution in [3.63, 3.8) is 0 Å². The highest BCUT2D eigenvalue weighted by Gasteiger charge is 1.92. The maximum absolute atomic E-state index is 3.09. The molecule has 0 aliphatic carbocycles. The molecule has 1 saturated heterocycles. The molecule has 0 spiro atoms. The zero-order valence-electron chi connectivity index (χ0n) is 6.24. The molecule has 1 fully saturated rings. The lowest BCUT2D eigenvalue weighted by Gasteiger charge is -2.09. The summed E-state index contributed by atoms with van der Waals surface area (Å²) in [5, 5.41) is 0. The van der Waals surface area contributed by atoms with Gasteiger partial charge in [0.25, 0.3) is 0 Å². The molecule has 0 aromatic rings. The Bertz CT molecular complexity index is 34.8. The molecule has 9 heavy (non-hydrogen) atoms. The number of hydrogen-bond acceptors (Lipinski definition) is 3. The molecule has 56 valence electrons. The molecule has 0 aromatic heterocycles. The second-order valence-corrected chi connectivity index (χ2v) is 2.73. The van der Waals surface area contributed by atoms with Crippen LogP contribution in [0.2, 0.25) is 0 Å². The van der Waals surface area contributed by atoms with E-state index in [1.807, 2.05) is 0 Å². The van der Waals surface area contributed by atoms with Gasteiger partial charge in [0.05, 0.1) is 0 Å². The summed E-state index contributed by atoms with van der Waals surface area (Å²) in [5.74, 6) is 0. The van der Waals surface area contributed by atoms with Gasteiger partial charge in [-0.05, 0) is 6.42 Å². The SMILES string of the molecule is C1CNSNC1.CCC. The first-order valence-corrected chi connectivity index (χ1v) is 4.35. The van der Waals surface area contributed by atoms with Crippen molar-refractivity contribution < 1.29 is 0 Å². The molecule has 1 rings (SSSR count). The lowest BCUT2D eigenvalue weighted by Crippen LogP contribution is -2.24. The smallest absolute Gasteiger partial charge is 0.00829 e. The molecule has 1 aliphatic heterocycles. The van der Waals surface area contributed by atoms with E-state index in [-0.39, 0.29) is 0 Å². The predicted octanol–water partition coefficient (Wildman–Crippen LogP) is 1.55. The third kappa shape index (κ3) is 8.27. The zero-order chi connectivity index (χ0) is 6.95. The summed E-state index contributed by atoms with van der Waals surface area (Å²) >= 11 is 1.59. The van der Waals surface area contributed by atoms with E-state index in [1.54, 1.807) is 12.1 Å². The Morgan fingerprint density at radius 3 is 1.78 bits per heavy atom. The monoisotopic (exact) mass is 148 g/mol. The van der Waals surface area contributed by atoms with Crippen LogP contribution in [0.4, 0.5) is 0 Å². The van der Waals surface area contributed by atoms with Crippen molar-refractivity contribution in [3.05, 3.63) is 0 Å². The topological polar surface area (TPSA) is 24.1 Å². The Morgan fingerprint density at radius 1 is 1.22 bits per heavy atom. The van der Waals surface area contributed by atoms with Crippen LogP contribution in [0.15, 0.2) is 0 Å². The third-order valence-corrected chi connectivity index (χ3v) is 1.40. The van der Waals surface area contributed by atoms with Gasteiger partial charge >= 0.3 is 0 Å². The quantitative estimate of drug-likeness (QED) is 0.510. The molecular weight excluding hydrogens is 132 g/mol. The van der Waals surface area contributed by atoms with Gasteiger partial charge in [-0.25, -0.2) is 0 Å².